The van der Waals surface area contributed by atoms with Gasteiger partial charge in [0.15, 0.2) is 0 Å². The summed E-state index contributed by atoms with van der Waals surface area (Å²) in [6.07, 6.45) is -3.47. The summed E-state index contributed by atoms with van der Waals surface area (Å²) in [5.41, 5.74) is 0.712. The maximum absolute atomic E-state index is 11.8. The molecular formula is C7H8BrF3N2. The second-order valence-corrected chi connectivity index (χ2v) is 3.52. The van der Waals surface area contributed by atoms with E-state index in [-0.39, 0.29) is 6.54 Å². The summed E-state index contributed by atoms with van der Waals surface area (Å²) >= 11 is 3.17. The summed E-state index contributed by atoms with van der Waals surface area (Å²) in [6, 6.07) is 0. The topological polar surface area (TPSA) is 17.8 Å². The van der Waals surface area contributed by atoms with Crippen molar-refractivity contribution in [1.29, 1.82) is 0 Å². The Morgan fingerprint density at radius 3 is 2.54 bits per heavy atom. The maximum Gasteiger partial charge on any atom is 0.390 e. The highest BCUT2D eigenvalue weighted by molar-refractivity contribution is 9.10. The third-order valence-corrected chi connectivity index (χ3v) is 2.43. The van der Waals surface area contributed by atoms with Gasteiger partial charge in [-0.1, -0.05) is 0 Å². The first-order chi connectivity index (χ1) is 5.90. The van der Waals surface area contributed by atoms with Crippen LogP contribution >= 0.6 is 15.9 Å². The van der Waals surface area contributed by atoms with Crippen LogP contribution in [0.4, 0.5) is 13.2 Å². The van der Waals surface area contributed by atoms with Gasteiger partial charge in [0, 0.05) is 12.2 Å². The lowest BCUT2D eigenvalue weighted by Gasteiger charge is -2.07. The van der Waals surface area contributed by atoms with Gasteiger partial charge in [0.1, 0.15) is 0 Å². The van der Waals surface area contributed by atoms with Crippen molar-refractivity contribution in [3.8, 4) is 0 Å². The van der Waals surface area contributed by atoms with Crippen LogP contribution in [0.5, 0.6) is 0 Å². The van der Waals surface area contributed by atoms with Gasteiger partial charge in [-0.2, -0.15) is 18.3 Å². The van der Waals surface area contributed by atoms with Crippen LogP contribution in [0.2, 0.25) is 0 Å². The predicted molar refractivity (Wildman–Crippen MR) is 45.3 cm³/mol. The monoisotopic (exact) mass is 256 g/mol. The first-order valence-electron chi connectivity index (χ1n) is 3.65. The Morgan fingerprint density at radius 1 is 1.54 bits per heavy atom. The van der Waals surface area contributed by atoms with Gasteiger partial charge in [-0.3, -0.25) is 4.68 Å². The van der Waals surface area contributed by atoms with Crippen LogP contribution < -0.4 is 0 Å². The second-order valence-electron chi connectivity index (χ2n) is 2.67. The van der Waals surface area contributed by atoms with Gasteiger partial charge in [-0.25, -0.2) is 0 Å². The minimum Gasteiger partial charge on any atom is -0.268 e. The zero-order chi connectivity index (χ0) is 10.1. The fraction of sp³-hybridized carbons (Fsp3) is 0.571. The third-order valence-electron chi connectivity index (χ3n) is 1.65. The zero-order valence-corrected chi connectivity index (χ0v) is 8.48. The third kappa shape index (κ3) is 3.02. The van der Waals surface area contributed by atoms with Crippen molar-refractivity contribution in [2.75, 3.05) is 0 Å². The Kier molecular flexibility index (Phi) is 3.00. The van der Waals surface area contributed by atoms with E-state index in [1.165, 1.54) is 10.9 Å². The Labute approximate surface area is 81.9 Å². The molecule has 0 saturated heterocycles. The van der Waals surface area contributed by atoms with Gasteiger partial charge < -0.3 is 0 Å². The molecule has 6 heteroatoms. The van der Waals surface area contributed by atoms with Crippen LogP contribution in [-0.4, -0.2) is 16.0 Å². The lowest BCUT2D eigenvalue weighted by molar-refractivity contribution is -0.137. The summed E-state index contributed by atoms with van der Waals surface area (Å²) in [7, 11) is 0. The summed E-state index contributed by atoms with van der Waals surface area (Å²) in [6.45, 7) is 1.59. The lowest BCUT2D eigenvalue weighted by Crippen LogP contribution is -2.13. The molecule has 0 radical (unpaired) electrons. The van der Waals surface area contributed by atoms with E-state index >= 15 is 0 Å². The van der Waals surface area contributed by atoms with E-state index in [0.717, 1.165) is 4.47 Å². The number of rotatable bonds is 2. The highest BCUT2D eigenvalue weighted by atomic mass is 79.9. The first kappa shape index (κ1) is 10.6. The highest BCUT2D eigenvalue weighted by Gasteiger charge is 2.27. The Morgan fingerprint density at radius 2 is 2.15 bits per heavy atom. The first-order valence-corrected chi connectivity index (χ1v) is 4.44. The van der Waals surface area contributed by atoms with Crippen molar-refractivity contribution in [3.05, 3.63) is 16.4 Å². The normalized spacial score (nSPS) is 12.1. The molecule has 13 heavy (non-hydrogen) atoms. The standard InChI is InChI=1S/C7H8BrF3N2/c1-5-6(8)4-12-13(5)3-2-7(9,10)11/h4H,2-3H2,1H3. The Balaban J connectivity index is 2.60. The van der Waals surface area contributed by atoms with Crippen LogP contribution in [0.25, 0.3) is 0 Å². The summed E-state index contributed by atoms with van der Waals surface area (Å²) in [5.74, 6) is 0. The van der Waals surface area contributed by atoms with E-state index in [2.05, 4.69) is 21.0 Å². The molecular weight excluding hydrogens is 249 g/mol. The molecule has 0 unspecified atom stereocenters. The molecule has 0 spiro atoms. The van der Waals surface area contributed by atoms with Crippen LogP contribution in [0.1, 0.15) is 12.1 Å². The number of aromatic nitrogens is 2. The average molecular weight is 257 g/mol. The summed E-state index contributed by atoms with van der Waals surface area (Å²) in [4.78, 5) is 0. The van der Waals surface area contributed by atoms with E-state index in [1.807, 2.05) is 0 Å². The zero-order valence-electron chi connectivity index (χ0n) is 6.90. The molecule has 1 rings (SSSR count). The minimum atomic E-state index is -4.12. The molecule has 0 fully saturated rings. The molecule has 1 aromatic heterocycles. The molecule has 0 aromatic carbocycles. The number of hydrogen-bond acceptors (Lipinski definition) is 1. The molecule has 1 heterocycles. The molecule has 2 nitrogen and oxygen atoms in total. The van der Waals surface area contributed by atoms with E-state index < -0.39 is 12.6 Å². The van der Waals surface area contributed by atoms with Gasteiger partial charge in [0.25, 0.3) is 0 Å². The molecule has 0 saturated carbocycles. The van der Waals surface area contributed by atoms with Gasteiger partial charge in [-0.15, -0.1) is 0 Å². The fourth-order valence-corrected chi connectivity index (χ4v) is 1.18. The SMILES string of the molecule is Cc1c(Br)cnn1CCC(F)(F)F. The van der Waals surface area contributed by atoms with Crippen molar-refractivity contribution in [3.63, 3.8) is 0 Å². The van der Waals surface area contributed by atoms with Crippen molar-refractivity contribution in [2.24, 2.45) is 0 Å². The molecule has 0 N–H and O–H groups in total. The maximum atomic E-state index is 11.8. The molecule has 0 amide bonds. The van der Waals surface area contributed by atoms with E-state index in [1.54, 1.807) is 6.92 Å². The molecule has 74 valence electrons. The molecule has 0 atom stereocenters. The van der Waals surface area contributed by atoms with Crippen LogP contribution in [0.15, 0.2) is 10.7 Å². The van der Waals surface area contributed by atoms with E-state index in [9.17, 15) is 13.2 Å². The molecule has 1 aromatic rings. The van der Waals surface area contributed by atoms with Gasteiger partial charge in [0.2, 0.25) is 0 Å². The fourth-order valence-electron chi connectivity index (χ4n) is 0.882. The van der Waals surface area contributed by atoms with Crippen molar-refractivity contribution < 1.29 is 13.2 Å². The number of aryl methyl sites for hydroxylation is 1. The molecule has 0 aliphatic carbocycles. The Hall–Kier alpha value is -0.520. The van der Waals surface area contributed by atoms with Gasteiger partial charge >= 0.3 is 6.18 Å². The summed E-state index contributed by atoms with van der Waals surface area (Å²) in [5, 5.41) is 3.79. The quantitative estimate of drug-likeness (QED) is 0.796. The minimum absolute atomic E-state index is 0.124. The van der Waals surface area contributed by atoms with E-state index in [0.29, 0.717) is 5.69 Å². The van der Waals surface area contributed by atoms with Crippen molar-refractivity contribution in [1.82, 2.24) is 9.78 Å². The summed E-state index contributed by atoms with van der Waals surface area (Å²) < 4.78 is 37.5. The predicted octanol–water partition coefficient (Wildman–Crippen LogP) is 2.91. The largest absolute Gasteiger partial charge is 0.390 e. The average Bonchev–Trinajstić information content (AvgIpc) is 2.29. The van der Waals surface area contributed by atoms with Crippen molar-refractivity contribution in [2.45, 2.75) is 26.1 Å². The molecule has 0 bridgehead atoms. The number of halogens is 4. The van der Waals surface area contributed by atoms with Gasteiger partial charge in [-0.05, 0) is 22.9 Å². The number of hydrogen-bond donors (Lipinski definition) is 0. The highest BCUT2D eigenvalue weighted by Crippen LogP contribution is 2.21. The van der Waals surface area contributed by atoms with E-state index in [4.69, 9.17) is 0 Å². The second kappa shape index (κ2) is 3.69. The Bertz CT molecular complexity index is 292. The van der Waals surface area contributed by atoms with Gasteiger partial charge in [0.05, 0.1) is 17.1 Å². The smallest absolute Gasteiger partial charge is 0.268 e. The lowest BCUT2D eigenvalue weighted by atomic mass is 10.4. The number of nitrogens with zero attached hydrogens (tertiary/aromatic N) is 2. The molecule has 0 aliphatic heterocycles. The van der Waals surface area contributed by atoms with Crippen LogP contribution in [-0.2, 0) is 6.54 Å². The van der Waals surface area contributed by atoms with Crippen LogP contribution in [0.3, 0.4) is 0 Å². The number of alkyl halides is 3. The molecule has 0 aliphatic rings. The van der Waals surface area contributed by atoms with Crippen molar-refractivity contribution >= 4 is 15.9 Å². The van der Waals surface area contributed by atoms with Crippen LogP contribution in [0, 0.1) is 6.92 Å².